The number of nitrogens with zero attached hydrogens (tertiary/aromatic N) is 1. The van der Waals surface area contributed by atoms with Gasteiger partial charge in [0.05, 0.1) is 11.1 Å². The van der Waals surface area contributed by atoms with E-state index in [1.54, 1.807) is 18.2 Å². The summed E-state index contributed by atoms with van der Waals surface area (Å²) in [6.45, 7) is 1.90. The van der Waals surface area contributed by atoms with Gasteiger partial charge in [0.15, 0.2) is 5.78 Å². The number of rotatable bonds is 3. The van der Waals surface area contributed by atoms with E-state index in [0.29, 0.717) is 10.6 Å². The second-order valence-electron chi connectivity index (χ2n) is 3.93. The Morgan fingerprint density at radius 1 is 1.44 bits per heavy atom. The van der Waals surface area contributed by atoms with Crippen molar-refractivity contribution in [1.82, 2.24) is 0 Å². The molecule has 1 atom stereocenters. The van der Waals surface area contributed by atoms with Crippen LogP contribution in [0.1, 0.15) is 26.7 Å². The number of hydrogen-bond donors (Lipinski definition) is 0. The van der Waals surface area contributed by atoms with E-state index >= 15 is 0 Å². The summed E-state index contributed by atoms with van der Waals surface area (Å²) in [4.78, 5) is 13.1. The average molecular weight is 276 g/mol. The molecule has 0 fully saturated rings. The van der Waals surface area contributed by atoms with Gasteiger partial charge in [-0.15, -0.1) is 11.3 Å². The number of nitriles is 1. The lowest BCUT2D eigenvalue weighted by atomic mass is 9.97. The van der Waals surface area contributed by atoms with E-state index in [4.69, 9.17) is 16.9 Å². The highest BCUT2D eigenvalue weighted by Gasteiger charge is 2.24. The van der Waals surface area contributed by atoms with Gasteiger partial charge < -0.3 is 0 Å². The van der Waals surface area contributed by atoms with E-state index in [1.165, 1.54) is 11.3 Å². The number of ketones is 1. The molecule has 0 saturated carbocycles. The number of halogens is 1. The summed E-state index contributed by atoms with van der Waals surface area (Å²) in [5.41, 5.74) is 1.39. The number of Topliss-reactive ketones (excluding diaryl/α,β-unsaturated/α-hetero) is 1. The molecule has 0 aliphatic rings. The van der Waals surface area contributed by atoms with Gasteiger partial charge in [-0.25, -0.2) is 0 Å². The minimum absolute atomic E-state index is 0.245. The maximum atomic E-state index is 12.3. The Morgan fingerprint density at radius 2 is 2.22 bits per heavy atom. The standard InChI is InChI=1S/C14H10ClNOS/c1-9-4-5-10(12(15)7-9)14(17)11(8-16)13-3-2-6-18-13/h2-7,11H,1H3. The van der Waals surface area contributed by atoms with E-state index in [-0.39, 0.29) is 5.78 Å². The third-order valence-corrected chi connectivity index (χ3v) is 3.86. The molecule has 1 aromatic carbocycles. The number of hydrogen-bond acceptors (Lipinski definition) is 3. The molecule has 1 heterocycles. The molecule has 18 heavy (non-hydrogen) atoms. The van der Waals surface area contributed by atoms with E-state index in [2.05, 4.69) is 0 Å². The third-order valence-electron chi connectivity index (χ3n) is 2.61. The van der Waals surface area contributed by atoms with Gasteiger partial charge in [-0.1, -0.05) is 23.7 Å². The fourth-order valence-corrected chi connectivity index (χ4v) is 2.78. The highest BCUT2D eigenvalue weighted by atomic mass is 35.5. The van der Waals surface area contributed by atoms with Gasteiger partial charge >= 0.3 is 0 Å². The molecule has 0 aliphatic heterocycles. The van der Waals surface area contributed by atoms with Crippen molar-refractivity contribution in [3.8, 4) is 6.07 Å². The van der Waals surface area contributed by atoms with Crippen LogP contribution in [0, 0.1) is 18.3 Å². The van der Waals surface area contributed by atoms with Crippen LogP contribution in [0.2, 0.25) is 5.02 Å². The topological polar surface area (TPSA) is 40.9 Å². The minimum atomic E-state index is -0.773. The zero-order chi connectivity index (χ0) is 13.1. The van der Waals surface area contributed by atoms with Gasteiger partial charge in [0.2, 0.25) is 0 Å². The summed E-state index contributed by atoms with van der Waals surface area (Å²) >= 11 is 7.46. The minimum Gasteiger partial charge on any atom is -0.292 e. The van der Waals surface area contributed by atoms with Crippen LogP contribution in [-0.4, -0.2) is 5.78 Å². The number of carbonyl (C=O) groups excluding carboxylic acids is 1. The quantitative estimate of drug-likeness (QED) is 0.788. The van der Waals surface area contributed by atoms with Crippen LogP contribution in [0.3, 0.4) is 0 Å². The van der Waals surface area contributed by atoms with Crippen LogP contribution >= 0.6 is 22.9 Å². The van der Waals surface area contributed by atoms with Gasteiger partial charge in [-0.2, -0.15) is 5.26 Å². The van der Waals surface area contributed by atoms with Gasteiger partial charge in [0.1, 0.15) is 5.92 Å². The van der Waals surface area contributed by atoms with Gasteiger partial charge in [-0.3, -0.25) is 4.79 Å². The maximum Gasteiger partial charge on any atom is 0.186 e. The number of aryl methyl sites for hydroxylation is 1. The Hall–Kier alpha value is -1.63. The van der Waals surface area contributed by atoms with Gasteiger partial charge in [0.25, 0.3) is 0 Å². The molecule has 1 aromatic heterocycles. The number of carbonyl (C=O) groups is 1. The summed E-state index contributed by atoms with van der Waals surface area (Å²) in [5.74, 6) is -1.02. The lowest BCUT2D eigenvalue weighted by Gasteiger charge is -2.08. The molecule has 0 spiro atoms. The van der Waals surface area contributed by atoms with E-state index in [9.17, 15) is 4.79 Å². The first kappa shape index (κ1) is 12.8. The van der Waals surface area contributed by atoms with Crippen molar-refractivity contribution in [2.75, 3.05) is 0 Å². The molecule has 4 heteroatoms. The fraction of sp³-hybridized carbons (Fsp3) is 0.143. The summed E-state index contributed by atoms with van der Waals surface area (Å²) in [6, 6.07) is 10.9. The largest absolute Gasteiger partial charge is 0.292 e. The van der Waals surface area contributed by atoms with Gasteiger partial charge in [0, 0.05) is 10.4 Å². The van der Waals surface area contributed by atoms with Crippen LogP contribution in [-0.2, 0) is 0 Å². The van der Waals surface area contributed by atoms with E-state index in [0.717, 1.165) is 10.4 Å². The summed E-state index contributed by atoms with van der Waals surface area (Å²) in [6.07, 6.45) is 0. The van der Waals surface area contributed by atoms with E-state index < -0.39 is 5.92 Å². The molecule has 2 aromatic rings. The van der Waals surface area contributed by atoms with Crippen molar-refractivity contribution in [3.63, 3.8) is 0 Å². The molecule has 0 bridgehead atoms. The molecule has 2 rings (SSSR count). The van der Waals surface area contributed by atoms with Crippen molar-refractivity contribution < 1.29 is 4.79 Å². The van der Waals surface area contributed by atoms with Crippen molar-refractivity contribution in [2.24, 2.45) is 0 Å². The van der Waals surface area contributed by atoms with Crippen LogP contribution in [0.25, 0.3) is 0 Å². The Labute approximate surface area is 114 Å². The second-order valence-corrected chi connectivity index (χ2v) is 5.31. The average Bonchev–Trinajstić information content (AvgIpc) is 2.83. The first-order valence-corrected chi connectivity index (χ1v) is 6.62. The Balaban J connectivity index is 2.39. The van der Waals surface area contributed by atoms with Crippen LogP contribution < -0.4 is 0 Å². The van der Waals surface area contributed by atoms with Crippen molar-refractivity contribution in [3.05, 3.63) is 56.7 Å². The monoisotopic (exact) mass is 275 g/mol. The van der Waals surface area contributed by atoms with Crippen LogP contribution in [0.15, 0.2) is 35.7 Å². The lowest BCUT2D eigenvalue weighted by Crippen LogP contribution is -2.10. The van der Waals surface area contributed by atoms with Crippen molar-refractivity contribution in [2.45, 2.75) is 12.8 Å². The SMILES string of the molecule is Cc1ccc(C(=O)C(C#N)c2cccs2)c(Cl)c1. The molecule has 0 aliphatic carbocycles. The molecule has 2 nitrogen and oxygen atoms in total. The molecular weight excluding hydrogens is 266 g/mol. The fourth-order valence-electron chi connectivity index (χ4n) is 1.68. The Morgan fingerprint density at radius 3 is 2.78 bits per heavy atom. The number of benzene rings is 1. The zero-order valence-corrected chi connectivity index (χ0v) is 11.3. The zero-order valence-electron chi connectivity index (χ0n) is 9.68. The van der Waals surface area contributed by atoms with Crippen molar-refractivity contribution in [1.29, 1.82) is 5.26 Å². The predicted octanol–water partition coefficient (Wildman–Crippen LogP) is 4.20. The first-order chi connectivity index (χ1) is 8.63. The predicted molar refractivity (Wildman–Crippen MR) is 73.2 cm³/mol. The summed E-state index contributed by atoms with van der Waals surface area (Å²) in [5, 5.41) is 11.4. The van der Waals surface area contributed by atoms with Crippen LogP contribution in [0.4, 0.5) is 0 Å². The molecule has 0 saturated heterocycles. The normalized spacial score (nSPS) is 11.8. The molecule has 0 radical (unpaired) electrons. The molecule has 0 amide bonds. The summed E-state index contributed by atoms with van der Waals surface area (Å²) in [7, 11) is 0. The summed E-state index contributed by atoms with van der Waals surface area (Å²) < 4.78 is 0. The first-order valence-electron chi connectivity index (χ1n) is 5.37. The molecule has 1 unspecified atom stereocenters. The van der Waals surface area contributed by atoms with E-state index in [1.807, 2.05) is 30.5 Å². The molecule has 0 N–H and O–H groups in total. The van der Waals surface area contributed by atoms with Crippen molar-refractivity contribution >= 4 is 28.7 Å². The Kier molecular flexibility index (Phi) is 3.81. The smallest absolute Gasteiger partial charge is 0.186 e. The second kappa shape index (κ2) is 5.34. The molecule has 90 valence electrons. The van der Waals surface area contributed by atoms with Gasteiger partial charge in [-0.05, 0) is 36.1 Å². The van der Waals surface area contributed by atoms with Crippen LogP contribution in [0.5, 0.6) is 0 Å². The lowest BCUT2D eigenvalue weighted by molar-refractivity contribution is 0.0980. The number of thiophene rings is 1. The highest BCUT2D eigenvalue weighted by Crippen LogP contribution is 2.28. The Bertz CT molecular complexity index is 613. The third kappa shape index (κ3) is 2.45. The molecular formula is C14H10ClNOS. The maximum absolute atomic E-state index is 12.3. The highest BCUT2D eigenvalue weighted by molar-refractivity contribution is 7.10.